The third-order valence-corrected chi connectivity index (χ3v) is 6.20. The van der Waals surface area contributed by atoms with Crippen LogP contribution < -0.4 is 5.73 Å². The lowest BCUT2D eigenvalue weighted by molar-refractivity contribution is 0.0994. The average molecular weight is 609 g/mol. The van der Waals surface area contributed by atoms with Gasteiger partial charge in [-0.05, 0) is 54.4 Å². The van der Waals surface area contributed by atoms with Crippen LogP contribution in [0.2, 0.25) is 0 Å². The van der Waals surface area contributed by atoms with Crippen LogP contribution in [0.3, 0.4) is 0 Å². The van der Waals surface area contributed by atoms with E-state index in [1.54, 1.807) is 0 Å². The predicted molar refractivity (Wildman–Crippen MR) is 199 cm³/mol. The molecule has 44 heavy (non-hydrogen) atoms. The van der Waals surface area contributed by atoms with Crippen LogP contribution in [0.5, 0.6) is 0 Å². The molecule has 4 heteroatoms. The largest absolute Gasteiger partial charge is 0.411 e. The minimum Gasteiger partial charge on any atom is -0.411 e. The van der Waals surface area contributed by atoms with Gasteiger partial charge in [0, 0.05) is 23.6 Å². The summed E-state index contributed by atoms with van der Waals surface area (Å²) in [5, 5.41) is 11.8. The third kappa shape index (κ3) is 16.0. The van der Waals surface area contributed by atoms with Gasteiger partial charge in [0.2, 0.25) is 0 Å². The molecule has 1 atom stereocenters. The molecule has 3 aliphatic rings. The Balaban J connectivity index is -0.000000231. The van der Waals surface area contributed by atoms with Gasteiger partial charge in [-0.3, -0.25) is 4.79 Å². The molecule has 6 rings (SSSR count). The van der Waals surface area contributed by atoms with Crippen molar-refractivity contribution in [1.82, 2.24) is 0 Å². The molecular weight excluding hydrogens is 540 g/mol. The normalized spacial score (nSPS) is 14.2. The van der Waals surface area contributed by atoms with E-state index < -0.39 is 0 Å². The predicted octanol–water partition coefficient (Wildman–Crippen LogP) is 12.1. The van der Waals surface area contributed by atoms with Crippen LogP contribution in [-0.4, -0.2) is 16.7 Å². The van der Waals surface area contributed by atoms with Crippen LogP contribution in [0.25, 0.3) is 0 Å². The minimum absolute atomic E-state index is 0. The van der Waals surface area contributed by atoms with Gasteiger partial charge in [0.25, 0.3) is 0 Å². The van der Waals surface area contributed by atoms with Crippen molar-refractivity contribution in [3.05, 3.63) is 106 Å². The zero-order valence-corrected chi connectivity index (χ0v) is 29.6. The lowest BCUT2D eigenvalue weighted by atomic mass is 10.1. The molecule has 0 saturated heterocycles. The van der Waals surface area contributed by atoms with Gasteiger partial charge >= 0.3 is 0 Å². The van der Waals surface area contributed by atoms with E-state index in [4.69, 9.17) is 10.9 Å². The molecule has 3 aromatic carbocycles. The van der Waals surface area contributed by atoms with Crippen molar-refractivity contribution in [1.29, 1.82) is 0 Å². The molecule has 0 aromatic heterocycles. The number of oxime groups is 1. The SMILES string of the molecule is C.CC.CC.CC.CC.CC.CC.NC1CCc2ccccc21.O/N=C1\CCc2ccccc21.O=C1CCc2ccccc21. The molecule has 0 aliphatic heterocycles. The smallest absolute Gasteiger partial charge is 0.163 e. The summed E-state index contributed by atoms with van der Waals surface area (Å²) < 4.78 is 0. The highest BCUT2D eigenvalue weighted by atomic mass is 16.4. The van der Waals surface area contributed by atoms with Crippen LogP contribution >= 0.6 is 0 Å². The molecule has 4 nitrogen and oxygen atoms in total. The highest BCUT2D eigenvalue weighted by Crippen LogP contribution is 2.28. The van der Waals surface area contributed by atoms with Crippen LogP contribution in [0.15, 0.2) is 78.0 Å². The highest BCUT2D eigenvalue weighted by Gasteiger charge is 2.18. The Morgan fingerprint density at radius 3 is 1.45 bits per heavy atom. The van der Waals surface area contributed by atoms with E-state index in [0.717, 1.165) is 48.9 Å². The summed E-state index contributed by atoms with van der Waals surface area (Å²) in [5.74, 6) is 0.301. The number of carbonyl (C=O) groups excluding carboxylic acids is 1. The number of rotatable bonds is 0. The van der Waals surface area contributed by atoms with Crippen LogP contribution in [0, 0.1) is 0 Å². The number of aryl methyl sites for hydroxylation is 3. The molecule has 3 aliphatic carbocycles. The number of benzene rings is 3. The lowest BCUT2D eigenvalue weighted by Crippen LogP contribution is -2.04. The van der Waals surface area contributed by atoms with Crippen LogP contribution in [-0.2, 0) is 19.3 Å². The Morgan fingerprint density at radius 1 is 0.568 bits per heavy atom. The molecule has 250 valence electrons. The molecule has 0 heterocycles. The van der Waals surface area contributed by atoms with Crippen molar-refractivity contribution in [2.75, 3.05) is 0 Å². The second kappa shape index (κ2) is 32.7. The van der Waals surface area contributed by atoms with Gasteiger partial charge in [-0.25, -0.2) is 0 Å². The summed E-state index contributed by atoms with van der Waals surface area (Å²) in [5.41, 5.74) is 14.0. The first-order chi connectivity index (χ1) is 21.2. The van der Waals surface area contributed by atoms with Gasteiger partial charge in [0.15, 0.2) is 5.78 Å². The first kappa shape index (κ1) is 47.7. The van der Waals surface area contributed by atoms with Crippen LogP contribution in [0.1, 0.15) is 154 Å². The second-order valence-corrected chi connectivity index (χ2v) is 8.13. The Labute approximate surface area is 273 Å². The lowest BCUT2D eigenvalue weighted by Gasteiger charge is -2.01. The number of ketones is 1. The second-order valence-electron chi connectivity index (χ2n) is 8.13. The van der Waals surface area contributed by atoms with Gasteiger partial charge in [-0.1, -0.05) is 168 Å². The zero-order chi connectivity index (χ0) is 33.6. The Bertz CT molecular complexity index is 1110. The monoisotopic (exact) mass is 609 g/mol. The number of carbonyl (C=O) groups is 1. The quantitative estimate of drug-likeness (QED) is 0.197. The summed E-state index contributed by atoms with van der Waals surface area (Å²) in [6, 6.07) is 24.6. The van der Waals surface area contributed by atoms with E-state index in [9.17, 15) is 4.79 Å². The van der Waals surface area contributed by atoms with Gasteiger partial charge in [0.05, 0.1) is 5.71 Å². The zero-order valence-electron chi connectivity index (χ0n) is 29.6. The summed E-state index contributed by atoms with van der Waals surface area (Å²) in [6.45, 7) is 24.0. The molecule has 1 unspecified atom stereocenters. The number of nitrogens with zero attached hydrogens (tertiary/aromatic N) is 1. The van der Waals surface area contributed by atoms with Crippen molar-refractivity contribution in [2.24, 2.45) is 10.9 Å². The number of nitrogens with two attached hydrogens (primary N) is 1. The van der Waals surface area contributed by atoms with E-state index in [1.807, 2.05) is 126 Å². The van der Waals surface area contributed by atoms with Gasteiger partial charge in [0.1, 0.15) is 0 Å². The molecule has 0 fully saturated rings. The molecule has 3 aromatic rings. The molecule has 0 spiro atoms. The summed E-state index contributed by atoms with van der Waals surface area (Å²) in [7, 11) is 0. The highest BCUT2D eigenvalue weighted by molar-refractivity contribution is 6.04. The topological polar surface area (TPSA) is 75.7 Å². The molecular formula is C40H68N2O2. The van der Waals surface area contributed by atoms with Gasteiger partial charge in [-0.15, -0.1) is 0 Å². The fraction of sp³-hybridized carbons (Fsp3) is 0.500. The number of fused-ring (bicyclic) bond motifs is 3. The van der Waals surface area contributed by atoms with Gasteiger partial charge < -0.3 is 10.9 Å². The average Bonchev–Trinajstić information content (AvgIpc) is 3.84. The standard InChI is InChI=1S/C9H9NO.C9H11N.C9H8O.6C2H6.CH4/c11-10-9-6-5-7-3-1-2-4-8(7)9;2*10-9-6-5-7-3-1-2-4-8(7)9;6*1-2;/h1-4,11H,5-6H2;1-4,9H,5-6,10H2;1-4H,5-6H2;6*1-2H3;1H4/b10-9+;;;;;;;;;. The summed E-state index contributed by atoms with van der Waals surface area (Å²) in [6.07, 6.45) is 5.82. The molecule has 0 bridgehead atoms. The van der Waals surface area contributed by atoms with E-state index in [2.05, 4.69) is 35.5 Å². The Kier molecular flexibility index (Phi) is 35.4. The van der Waals surface area contributed by atoms with Crippen LogP contribution in [0.4, 0.5) is 0 Å². The van der Waals surface area contributed by atoms with Crippen molar-refractivity contribution in [3.8, 4) is 0 Å². The van der Waals surface area contributed by atoms with E-state index in [1.165, 1.54) is 22.3 Å². The third-order valence-electron chi connectivity index (χ3n) is 6.20. The molecule has 3 N–H and O–H groups in total. The van der Waals surface area contributed by atoms with E-state index in [0.29, 0.717) is 18.2 Å². The first-order valence-electron chi connectivity index (χ1n) is 16.9. The van der Waals surface area contributed by atoms with Crippen molar-refractivity contribution in [3.63, 3.8) is 0 Å². The van der Waals surface area contributed by atoms with Crippen molar-refractivity contribution in [2.45, 2.75) is 135 Å². The maximum absolute atomic E-state index is 11.1. The number of hydrogen-bond acceptors (Lipinski definition) is 4. The molecule has 0 saturated carbocycles. The number of Topliss-reactive ketones (excluding diaryl/α,β-unsaturated/α-hetero) is 1. The molecule has 0 amide bonds. The first-order valence-corrected chi connectivity index (χ1v) is 16.9. The fourth-order valence-corrected chi connectivity index (χ4v) is 4.49. The minimum atomic E-state index is 0. The maximum Gasteiger partial charge on any atom is 0.163 e. The molecule has 0 radical (unpaired) electrons. The van der Waals surface area contributed by atoms with Crippen molar-refractivity contribution < 1.29 is 10.0 Å². The van der Waals surface area contributed by atoms with Crippen molar-refractivity contribution >= 4 is 11.5 Å². The maximum atomic E-state index is 11.1. The van der Waals surface area contributed by atoms with E-state index in [-0.39, 0.29) is 7.43 Å². The fourth-order valence-electron chi connectivity index (χ4n) is 4.49. The summed E-state index contributed by atoms with van der Waals surface area (Å²) in [4.78, 5) is 11.1. The number of hydrogen-bond donors (Lipinski definition) is 2. The summed E-state index contributed by atoms with van der Waals surface area (Å²) >= 11 is 0. The Hall–Kier alpha value is -3.24. The Morgan fingerprint density at radius 2 is 0.977 bits per heavy atom. The van der Waals surface area contributed by atoms with Gasteiger partial charge in [-0.2, -0.15) is 0 Å². The van der Waals surface area contributed by atoms with E-state index >= 15 is 0 Å².